The van der Waals surface area contributed by atoms with E-state index >= 15 is 0 Å². The quantitative estimate of drug-likeness (QED) is 0.655. The van der Waals surface area contributed by atoms with Crippen LogP contribution >= 0.6 is 0 Å². The second-order valence-corrected chi connectivity index (χ2v) is 6.69. The molecule has 9 nitrogen and oxygen atoms in total. The number of ether oxygens (including phenoxy) is 2. The van der Waals surface area contributed by atoms with Crippen molar-refractivity contribution >= 4 is 23.6 Å². The monoisotopic (exact) mass is 400 g/mol. The van der Waals surface area contributed by atoms with Crippen molar-refractivity contribution < 1.29 is 23.9 Å². The summed E-state index contributed by atoms with van der Waals surface area (Å²) in [5.41, 5.74) is 0.306. The molecule has 29 heavy (non-hydrogen) atoms. The lowest BCUT2D eigenvalue weighted by molar-refractivity contribution is -0.146. The van der Waals surface area contributed by atoms with Crippen LogP contribution in [-0.4, -0.2) is 47.8 Å². The first-order valence-electron chi connectivity index (χ1n) is 9.48. The van der Waals surface area contributed by atoms with E-state index in [-0.39, 0.29) is 12.6 Å². The Morgan fingerprint density at radius 2 is 1.93 bits per heavy atom. The third-order valence-corrected chi connectivity index (χ3v) is 4.72. The van der Waals surface area contributed by atoms with Gasteiger partial charge in [-0.1, -0.05) is 25.0 Å². The van der Waals surface area contributed by atoms with Gasteiger partial charge in [0.1, 0.15) is 18.1 Å². The average Bonchev–Trinajstić information content (AvgIpc) is 3.42. The van der Waals surface area contributed by atoms with Crippen LogP contribution in [0.3, 0.4) is 0 Å². The molecule has 154 valence electrons. The van der Waals surface area contributed by atoms with Gasteiger partial charge in [0, 0.05) is 6.07 Å². The van der Waals surface area contributed by atoms with E-state index in [1.807, 2.05) is 0 Å². The number of benzene rings is 1. The number of rotatable bonds is 8. The number of nitrogens with one attached hydrogen (secondary N) is 2. The van der Waals surface area contributed by atoms with Crippen LogP contribution in [-0.2, 0) is 14.3 Å². The van der Waals surface area contributed by atoms with Gasteiger partial charge < -0.3 is 20.1 Å². The SMILES string of the molecule is COc1ccccc1C(=O)NCC(=O)OCC(=O)Nc1ccnn1C1CCCC1. The summed E-state index contributed by atoms with van der Waals surface area (Å²) in [5.74, 6) is -0.662. The smallest absolute Gasteiger partial charge is 0.325 e. The fourth-order valence-corrected chi connectivity index (χ4v) is 3.31. The molecular formula is C20H24N4O5. The molecule has 1 aromatic carbocycles. The highest BCUT2D eigenvalue weighted by Crippen LogP contribution is 2.31. The number of carbonyl (C=O) groups is 3. The standard InChI is InChI=1S/C20H24N4O5/c1-28-16-9-5-4-8-15(16)20(27)21-12-19(26)29-13-18(25)23-17-10-11-22-24(17)14-6-2-3-7-14/h4-5,8-11,14H,2-3,6-7,12-13H2,1H3,(H,21,27)(H,23,25). The number of hydrogen-bond donors (Lipinski definition) is 2. The van der Waals surface area contributed by atoms with Crippen molar-refractivity contribution in [3.63, 3.8) is 0 Å². The van der Waals surface area contributed by atoms with E-state index in [4.69, 9.17) is 9.47 Å². The zero-order chi connectivity index (χ0) is 20.6. The van der Waals surface area contributed by atoms with Crippen LogP contribution in [0.1, 0.15) is 42.1 Å². The highest BCUT2D eigenvalue weighted by molar-refractivity contribution is 5.98. The molecule has 0 spiro atoms. The van der Waals surface area contributed by atoms with Gasteiger partial charge in [0.15, 0.2) is 6.61 Å². The summed E-state index contributed by atoms with van der Waals surface area (Å²) in [5, 5.41) is 9.43. The molecule has 3 rings (SSSR count). The molecule has 2 aromatic rings. The van der Waals surface area contributed by atoms with E-state index in [0.29, 0.717) is 17.1 Å². The molecular weight excluding hydrogens is 376 g/mol. The molecule has 0 radical (unpaired) electrons. The normalized spacial score (nSPS) is 13.7. The van der Waals surface area contributed by atoms with Crippen molar-refractivity contribution in [3.05, 3.63) is 42.1 Å². The predicted octanol–water partition coefficient (Wildman–Crippen LogP) is 1.92. The van der Waals surface area contributed by atoms with Gasteiger partial charge in [-0.05, 0) is 25.0 Å². The molecule has 2 amide bonds. The first-order valence-corrected chi connectivity index (χ1v) is 9.48. The summed E-state index contributed by atoms with van der Waals surface area (Å²) in [6.45, 7) is -0.802. The highest BCUT2D eigenvalue weighted by Gasteiger charge is 2.21. The lowest BCUT2D eigenvalue weighted by Gasteiger charge is -2.14. The maximum absolute atomic E-state index is 12.2. The van der Waals surface area contributed by atoms with Gasteiger partial charge in [-0.2, -0.15) is 5.10 Å². The van der Waals surface area contributed by atoms with Crippen LogP contribution in [0.2, 0.25) is 0 Å². The van der Waals surface area contributed by atoms with Crippen molar-refractivity contribution in [2.75, 3.05) is 25.6 Å². The molecule has 9 heteroatoms. The second-order valence-electron chi connectivity index (χ2n) is 6.69. The summed E-state index contributed by atoms with van der Waals surface area (Å²) >= 11 is 0. The molecule has 0 bridgehead atoms. The van der Waals surface area contributed by atoms with E-state index in [2.05, 4.69) is 15.7 Å². The summed E-state index contributed by atoms with van der Waals surface area (Å²) in [6, 6.07) is 8.66. The minimum absolute atomic E-state index is 0.285. The Hall–Kier alpha value is -3.36. The number of esters is 1. The van der Waals surface area contributed by atoms with Gasteiger partial charge in [-0.25, -0.2) is 4.68 Å². The molecule has 0 aliphatic heterocycles. The molecule has 1 heterocycles. The van der Waals surface area contributed by atoms with Crippen molar-refractivity contribution in [1.29, 1.82) is 0 Å². The van der Waals surface area contributed by atoms with Crippen LogP contribution < -0.4 is 15.4 Å². The molecule has 1 aromatic heterocycles. The van der Waals surface area contributed by atoms with Gasteiger partial charge in [0.05, 0.1) is 24.9 Å². The Bertz CT molecular complexity index is 873. The maximum atomic E-state index is 12.2. The molecule has 2 N–H and O–H groups in total. The first kappa shape index (κ1) is 20.4. The van der Waals surface area contributed by atoms with Gasteiger partial charge in [-0.3, -0.25) is 14.4 Å². The third kappa shape index (κ3) is 5.34. The number of hydrogen-bond acceptors (Lipinski definition) is 6. The minimum atomic E-state index is -0.715. The van der Waals surface area contributed by atoms with E-state index < -0.39 is 24.4 Å². The molecule has 1 aliphatic carbocycles. The zero-order valence-electron chi connectivity index (χ0n) is 16.2. The Balaban J connectivity index is 1.43. The molecule has 0 saturated heterocycles. The van der Waals surface area contributed by atoms with Crippen LogP contribution in [0.5, 0.6) is 5.75 Å². The first-order chi connectivity index (χ1) is 14.1. The number of aromatic nitrogens is 2. The summed E-state index contributed by atoms with van der Waals surface area (Å²) in [7, 11) is 1.46. The number of carbonyl (C=O) groups excluding carboxylic acids is 3. The average molecular weight is 400 g/mol. The zero-order valence-corrected chi connectivity index (χ0v) is 16.2. The van der Waals surface area contributed by atoms with Crippen molar-refractivity contribution in [1.82, 2.24) is 15.1 Å². The fraction of sp³-hybridized carbons (Fsp3) is 0.400. The highest BCUT2D eigenvalue weighted by atomic mass is 16.5. The maximum Gasteiger partial charge on any atom is 0.325 e. The molecule has 1 fully saturated rings. The van der Waals surface area contributed by atoms with Crippen molar-refractivity contribution in [2.45, 2.75) is 31.7 Å². The molecule has 1 saturated carbocycles. The number of anilines is 1. The van der Waals surface area contributed by atoms with Crippen LogP contribution in [0.15, 0.2) is 36.5 Å². The van der Waals surface area contributed by atoms with Gasteiger partial charge in [0.25, 0.3) is 11.8 Å². The Kier molecular flexibility index (Phi) is 6.83. The van der Waals surface area contributed by atoms with Crippen LogP contribution in [0.4, 0.5) is 5.82 Å². The van der Waals surface area contributed by atoms with Crippen molar-refractivity contribution in [2.24, 2.45) is 0 Å². The number of para-hydroxylation sites is 1. The number of amides is 2. The Labute approximate surface area is 168 Å². The van der Waals surface area contributed by atoms with E-state index in [1.54, 1.807) is 41.2 Å². The minimum Gasteiger partial charge on any atom is -0.496 e. The third-order valence-electron chi connectivity index (χ3n) is 4.72. The van der Waals surface area contributed by atoms with Crippen LogP contribution in [0.25, 0.3) is 0 Å². The Morgan fingerprint density at radius 3 is 2.69 bits per heavy atom. The van der Waals surface area contributed by atoms with Gasteiger partial charge in [-0.15, -0.1) is 0 Å². The summed E-state index contributed by atoms with van der Waals surface area (Å²) in [6.07, 6.45) is 6.00. The molecule has 0 unspecified atom stereocenters. The topological polar surface area (TPSA) is 112 Å². The van der Waals surface area contributed by atoms with Crippen LogP contribution in [0, 0.1) is 0 Å². The van der Waals surface area contributed by atoms with E-state index in [0.717, 1.165) is 25.7 Å². The number of nitrogens with zero attached hydrogens (tertiary/aromatic N) is 2. The summed E-state index contributed by atoms with van der Waals surface area (Å²) < 4.78 is 11.9. The second kappa shape index (κ2) is 9.72. The molecule has 0 atom stereocenters. The van der Waals surface area contributed by atoms with Gasteiger partial charge in [0.2, 0.25) is 0 Å². The number of methoxy groups -OCH3 is 1. The van der Waals surface area contributed by atoms with E-state index in [9.17, 15) is 14.4 Å². The van der Waals surface area contributed by atoms with Gasteiger partial charge >= 0.3 is 5.97 Å². The predicted molar refractivity (Wildman–Crippen MR) is 105 cm³/mol. The lowest BCUT2D eigenvalue weighted by Crippen LogP contribution is -2.32. The largest absolute Gasteiger partial charge is 0.496 e. The summed E-state index contributed by atoms with van der Waals surface area (Å²) in [4.78, 5) is 36.1. The molecule has 1 aliphatic rings. The Morgan fingerprint density at radius 1 is 1.17 bits per heavy atom. The van der Waals surface area contributed by atoms with Crippen molar-refractivity contribution in [3.8, 4) is 5.75 Å². The fourth-order valence-electron chi connectivity index (χ4n) is 3.31. The lowest BCUT2D eigenvalue weighted by atomic mass is 10.2. The van der Waals surface area contributed by atoms with E-state index in [1.165, 1.54) is 7.11 Å².